The van der Waals surface area contributed by atoms with Crippen molar-refractivity contribution in [3.05, 3.63) is 107 Å². The molecule has 0 aliphatic carbocycles. The van der Waals surface area contributed by atoms with E-state index in [0.29, 0.717) is 23.6 Å². The number of amides is 1. The minimum absolute atomic E-state index is 0.170. The minimum atomic E-state index is -1.33. The van der Waals surface area contributed by atoms with Crippen LogP contribution in [0.15, 0.2) is 96.1 Å². The second-order valence-corrected chi connectivity index (χ2v) is 11.3. The smallest absolute Gasteiger partial charge is 0.334 e. The van der Waals surface area contributed by atoms with Crippen LogP contribution in [0.3, 0.4) is 0 Å². The number of methoxy groups -OCH3 is 2. The van der Waals surface area contributed by atoms with Gasteiger partial charge in [0.25, 0.3) is 5.91 Å². The van der Waals surface area contributed by atoms with Crippen LogP contribution in [0.2, 0.25) is 0 Å². The Morgan fingerprint density at radius 3 is 2.23 bits per heavy atom. The predicted octanol–water partition coefficient (Wildman–Crippen LogP) is 5.43. The second kappa shape index (κ2) is 11.4. The summed E-state index contributed by atoms with van der Waals surface area (Å²) in [5, 5.41) is 0. The van der Waals surface area contributed by atoms with Crippen LogP contribution in [0.4, 0.5) is 5.69 Å². The van der Waals surface area contributed by atoms with Crippen molar-refractivity contribution in [3.63, 3.8) is 0 Å². The van der Waals surface area contributed by atoms with Gasteiger partial charge in [0.05, 0.1) is 27.4 Å². The SMILES string of the molecule is COC(=O)/C(=C/c1ccccc1)CC1=C(c2ccccc2)[C@]2(OC1)C(=O)N(c1ccc(OC)cc1)[C@H]2[C@H]1COC(C)(C)O1. The summed E-state index contributed by atoms with van der Waals surface area (Å²) >= 11 is 0. The first-order valence-electron chi connectivity index (χ1n) is 14.3. The molecule has 0 N–H and O–H groups in total. The molecule has 0 radical (unpaired) electrons. The highest BCUT2D eigenvalue weighted by atomic mass is 16.7. The van der Waals surface area contributed by atoms with Crippen LogP contribution in [-0.2, 0) is 28.5 Å². The number of esters is 1. The molecule has 1 amide bonds. The first kappa shape index (κ1) is 28.9. The van der Waals surface area contributed by atoms with Gasteiger partial charge < -0.3 is 23.7 Å². The van der Waals surface area contributed by atoms with Gasteiger partial charge in [0.1, 0.15) is 17.9 Å². The van der Waals surface area contributed by atoms with E-state index in [-0.39, 0.29) is 18.9 Å². The van der Waals surface area contributed by atoms with Crippen molar-refractivity contribution >= 4 is 29.2 Å². The van der Waals surface area contributed by atoms with Gasteiger partial charge >= 0.3 is 5.97 Å². The summed E-state index contributed by atoms with van der Waals surface area (Å²) < 4.78 is 29.5. The highest BCUT2D eigenvalue weighted by Crippen LogP contribution is 2.55. The normalized spacial score (nSPS) is 24.8. The molecule has 8 nitrogen and oxygen atoms in total. The Morgan fingerprint density at radius 2 is 1.63 bits per heavy atom. The van der Waals surface area contributed by atoms with Crippen molar-refractivity contribution in [1.82, 2.24) is 0 Å². The van der Waals surface area contributed by atoms with Crippen molar-refractivity contribution in [2.45, 2.75) is 43.8 Å². The maximum Gasteiger partial charge on any atom is 0.334 e. The fraction of sp³-hybridized carbons (Fsp3) is 0.314. The number of carbonyl (C=O) groups is 2. The Balaban J connectivity index is 1.48. The zero-order valence-corrected chi connectivity index (χ0v) is 24.7. The Kier molecular flexibility index (Phi) is 7.68. The third-order valence-corrected chi connectivity index (χ3v) is 8.22. The monoisotopic (exact) mass is 581 g/mol. The van der Waals surface area contributed by atoms with E-state index in [1.54, 1.807) is 12.0 Å². The molecule has 3 aliphatic heterocycles. The van der Waals surface area contributed by atoms with E-state index in [0.717, 1.165) is 22.3 Å². The number of nitrogens with zero attached hydrogens (tertiary/aromatic N) is 1. The summed E-state index contributed by atoms with van der Waals surface area (Å²) in [6, 6.07) is 26.2. The molecule has 2 saturated heterocycles. The molecule has 6 rings (SSSR count). The van der Waals surface area contributed by atoms with Gasteiger partial charge in [-0.15, -0.1) is 0 Å². The van der Waals surface area contributed by atoms with Gasteiger partial charge in [0.2, 0.25) is 0 Å². The first-order valence-corrected chi connectivity index (χ1v) is 14.3. The molecule has 1 spiro atoms. The first-order chi connectivity index (χ1) is 20.8. The number of hydrogen-bond acceptors (Lipinski definition) is 7. The van der Waals surface area contributed by atoms with Crippen LogP contribution in [-0.4, -0.2) is 62.8 Å². The summed E-state index contributed by atoms with van der Waals surface area (Å²) in [5.74, 6) is -0.758. The lowest BCUT2D eigenvalue weighted by Gasteiger charge is -2.56. The maximum absolute atomic E-state index is 14.5. The zero-order valence-electron chi connectivity index (χ0n) is 24.7. The van der Waals surface area contributed by atoms with Crippen molar-refractivity contribution < 1.29 is 33.3 Å². The van der Waals surface area contributed by atoms with Crippen LogP contribution in [0.1, 0.15) is 31.4 Å². The molecule has 3 aromatic carbocycles. The molecule has 222 valence electrons. The average Bonchev–Trinajstić information content (AvgIpc) is 3.60. The van der Waals surface area contributed by atoms with Gasteiger partial charge in [-0.1, -0.05) is 60.7 Å². The number of anilines is 1. The third kappa shape index (κ3) is 5.16. The summed E-state index contributed by atoms with van der Waals surface area (Å²) in [5.41, 5.74) is 3.16. The largest absolute Gasteiger partial charge is 0.497 e. The van der Waals surface area contributed by atoms with E-state index in [4.69, 9.17) is 23.7 Å². The average molecular weight is 582 g/mol. The van der Waals surface area contributed by atoms with E-state index >= 15 is 0 Å². The number of rotatable bonds is 8. The summed E-state index contributed by atoms with van der Waals surface area (Å²) in [6.45, 7) is 4.19. The molecule has 43 heavy (non-hydrogen) atoms. The number of carbonyl (C=O) groups excluding carboxylic acids is 2. The summed E-state index contributed by atoms with van der Waals surface area (Å²) in [7, 11) is 2.98. The third-order valence-electron chi connectivity index (χ3n) is 8.22. The van der Waals surface area contributed by atoms with E-state index in [1.807, 2.05) is 105 Å². The summed E-state index contributed by atoms with van der Waals surface area (Å²) in [4.78, 5) is 29.3. The number of hydrogen-bond donors (Lipinski definition) is 0. The van der Waals surface area contributed by atoms with Gasteiger partial charge in [-0.2, -0.15) is 0 Å². The lowest BCUT2D eigenvalue weighted by molar-refractivity contribution is -0.170. The molecule has 0 aromatic heterocycles. The fourth-order valence-electron chi connectivity index (χ4n) is 6.33. The van der Waals surface area contributed by atoms with Crippen LogP contribution in [0.5, 0.6) is 5.75 Å². The van der Waals surface area contributed by atoms with Crippen LogP contribution < -0.4 is 9.64 Å². The zero-order chi connectivity index (χ0) is 30.2. The van der Waals surface area contributed by atoms with Gasteiger partial charge in [-0.25, -0.2) is 4.79 Å². The van der Waals surface area contributed by atoms with Gasteiger partial charge in [0.15, 0.2) is 11.4 Å². The number of β-lactam (4-membered cyclic amide) rings is 1. The number of benzene rings is 3. The molecule has 0 unspecified atom stereocenters. The van der Waals surface area contributed by atoms with Gasteiger partial charge in [-0.3, -0.25) is 9.69 Å². The standard InChI is InChI=1S/C35H35NO7/c1-34(2)41-22-29(43-34)31-35(33(38)36(31)27-15-17-28(39-3)18-16-27)30(24-13-9-6-10-14-24)26(21-42-35)20-25(32(37)40-4)19-23-11-7-5-8-12-23/h5-19,29,31H,20-22H2,1-4H3/b25-19+/t29-,31+,35-/m1/s1. The Morgan fingerprint density at radius 1 is 0.953 bits per heavy atom. The molecule has 8 heteroatoms. The molecule has 3 atom stereocenters. The maximum atomic E-state index is 14.5. The molecule has 3 heterocycles. The van der Waals surface area contributed by atoms with Gasteiger partial charge in [0, 0.05) is 23.3 Å². The molecule has 2 fully saturated rings. The van der Waals surface area contributed by atoms with Crippen molar-refractivity contribution in [2.75, 3.05) is 32.3 Å². The minimum Gasteiger partial charge on any atom is -0.497 e. The molecule has 0 bridgehead atoms. The Bertz CT molecular complexity index is 1560. The molecular formula is C35H35NO7. The predicted molar refractivity (Wildman–Crippen MR) is 162 cm³/mol. The quantitative estimate of drug-likeness (QED) is 0.199. The topological polar surface area (TPSA) is 83.5 Å². The lowest BCUT2D eigenvalue weighted by atomic mass is 9.70. The molecule has 0 saturated carbocycles. The van der Waals surface area contributed by atoms with Crippen LogP contribution >= 0.6 is 0 Å². The fourth-order valence-corrected chi connectivity index (χ4v) is 6.33. The van der Waals surface area contributed by atoms with Crippen LogP contribution in [0, 0.1) is 0 Å². The second-order valence-electron chi connectivity index (χ2n) is 11.3. The van der Waals surface area contributed by atoms with Crippen molar-refractivity contribution in [1.29, 1.82) is 0 Å². The summed E-state index contributed by atoms with van der Waals surface area (Å²) in [6.07, 6.45) is 1.61. The highest BCUT2D eigenvalue weighted by molar-refractivity contribution is 6.18. The number of ether oxygens (including phenoxy) is 5. The Labute approximate surface area is 251 Å². The van der Waals surface area contributed by atoms with E-state index < -0.39 is 29.5 Å². The Hall–Kier alpha value is -4.24. The van der Waals surface area contributed by atoms with E-state index in [9.17, 15) is 9.59 Å². The van der Waals surface area contributed by atoms with E-state index in [2.05, 4.69) is 0 Å². The van der Waals surface area contributed by atoms with Crippen molar-refractivity contribution in [2.24, 2.45) is 0 Å². The molecule has 3 aliphatic rings. The molecular weight excluding hydrogens is 546 g/mol. The van der Waals surface area contributed by atoms with Gasteiger partial charge in [-0.05, 0) is 60.9 Å². The van der Waals surface area contributed by atoms with E-state index in [1.165, 1.54) is 7.11 Å². The lowest BCUT2D eigenvalue weighted by Crippen LogP contribution is -2.78. The van der Waals surface area contributed by atoms with Crippen molar-refractivity contribution in [3.8, 4) is 5.75 Å². The highest BCUT2D eigenvalue weighted by Gasteiger charge is 2.70. The van der Waals surface area contributed by atoms with Crippen LogP contribution in [0.25, 0.3) is 11.6 Å². The molecule has 3 aromatic rings.